The summed E-state index contributed by atoms with van der Waals surface area (Å²) in [5.41, 5.74) is 3.58. The van der Waals surface area contributed by atoms with E-state index in [1.165, 1.54) is 6.26 Å². The van der Waals surface area contributed by atoms with E-state index in [9.17, 15) is 4.79 Å². The second-order valence-corrected chi connectivity index (χ2v) is 5.63. The number of aromatic nitrogens is 3. The van der Waals surface area contributed by atoms with Crippen molar-refractivity contribution in [1.29, 1.82) is 0 Å². The molecule has 23 heavy (non-hydrogen) atoms. The maximum Gasteiger partial charge on any atom is 0.256 e. The zero-order valence-corrected chi connectivity index (χ0v) is 13.1. The first-order valence-corrected chi connectivity index (χ1v) is 7.64. The van der Waals surface area contributed by atoms with Crippen LogP contribution in [0, 0.1) is 0 Å². The Labute approximate surface area is 137 Å². The fourth-order valence-electron chi connectivity index (χ4n) is 2.75. The minimum Gasteiger partial charge on any atom is -0.443 e. The van der Waals surface area contributed by atoms with Gasteiger partial charge >= 0.3 is 0 Å². The van der Waals surface area contributed by atoms with Crippen molar-refractivity contribution >= 4 is 17.5 Å². The Morgan fingerprint density at radius 3 is 2.96 bits per heavy atom. The lowest BCUT2D eigenvalue weighted by Gasteiger charge is -2.14. The Balaban J connectivity index is 1.92. The number of rotatable bonds is 2. The zero-order valence-electron chi connectivity index (χ0n) is 12.4. The number of benzene rings is 1. The number of hydrogen-bond acceptors (Lipinski definition) is 4. The molecule has 2 aromatic heterocycles. The van der Waals surface area contributed by atoms with Gasteiger partial charge < -0.3 is 9.32 Å². The fraction of sp³-hybridized carbons (Fsp3) is 0.188. The van der Waals surface area contributed by atoms with Crippen LogP contribution in [0.3, 0.4) is 0 Å². The average Bonchev–Trinajstić information content (AvgIpc) is 3.18. The molecule has 0 atom stereocenters. The quantitative estimate of drug-likeness (QED) is 0.679. The van der Waals surface area contributed by atoms with Gasteiger partial charge in [-0.05, 0) is 12.1 Å². The molecule has 1 aliphatic heterocycles. The van der Waals surface area contributed by atoms with Crippen LogP contribution in [-0.4, -0.2) is 32.4 Å². The molecular formula is C16H13ClN4O2. The van der Waals surface area contributed by atoms with E-state index in [0.29, 0.717) is 29.4 Å². The minimum absolute atomic E-state index is 0.0240. The van der Waals surface area contributed by atoms with Gasteiger partial charge in [-0.3, -0.25) is 9.36 Å². The molecule has 116 valence electrons. The minimum atomic E-state index is -0.0240. The first-order chi connectivity index (χ1) is 11.2. The summed E-state index contributed by atoms with van der Waals surface area (Å²) in [5, 5.41) is 0. The van der Waals surface area contributed by atoms with Gasteiger partial charge in [0.05, 0.1) is 35.1 Å². The first-order valence-electron chi connectivity index (χ1n) is 7.11. The number of fused-ring (bicyclic) bond motifs is 3. The van der Waals surface area contributed by atoms with Gasteiger partial charge in [-0.25, -0.2) is 9.97 Å². The number of amides is 1. The molecule has 4 rings (SSSR count). The summed E-state index contributed by atoms with van der Waals surface area (Å²) in [6.45, 7) is 0.418. The van der Waals surface area contributed by atoms with Gasteiger partial charge in [-0.2, -0.15) is 0 Å². The summed E-state index contributed by atoms with van der Waals surface area (Å²) in [6, 6.07) is 7.48. The number of para-hydroxylation sites is 1. The molecule has 1 aliphatic rings. The van der Waals surface area contributed by atoms with E-state index in [-0.39, 0.29) is 11.8 Å². The van der Waals surface area contributed by atoms with Gasteiger partial charge in [0.15, 0.2) is 0 Å². The van der Waals surface area contributed by atoms with Crippen LogP contribution >= 0.6 is 11.6 Å². The van der Waals surface area contributed by atoms with Crippen LogP contribution < -0.4 is 0 Å². The second kappa shape index (κ2) is 5.24. The molecule has 0 N–H and O–H groups in total. The molecule has 1 aromatic carbocycles. The topological polar surface area (TPSA) is 64.2 Å². The van der Waals surface area contributed by atoms with E-state index in [0.717, 1.165) is 11.4 Å². The van der Waals surface area contributed by atoms with E-state index in [2.05, 4.69) is 9.97 Å². The van der Waals surface area contributed by atoms with Crippen molar-refractivity contribution in [3.05, 3.63) is 53.8 Å². The lowest BCUT2D eigenvalue weighted by atomic mass is 10.1. The molecule has 0 unspecified atom stereocenters. The van der Waals surface area contributed by atoms with E-state index >= 15 is 0 Å². The normalized spacial score (nSPS) is 13.7. The Hall–Kier alpha value is -2.60. The highest BCUT2D eigenvalue weighted by Crippen LogP contribution is 2.30. The SMILES string of the molecule is CN1Cc2c(-c3nc(CCl)co3)ncn2-c2ccccc2C1=O. The molecule has 0 spiro atoms. The molecule has 3 aromatic rings. The molecule has 6 nitrogen and oxygen atoms in total. The number of nitrogens with zero attached hydrogens (tertiary/aromatic N) is 4. The van der Waals surface area contributed by atoms with Crippen molar-refractivity contribution in [1.82, 2.24) is 19.4 Å². The van der Waals surface area contributed by atoms with Crippen molar-refractivity contribution in [2.24, 2.45) is 0 Å². The number of carbonyl (C=O) groups excluding carboxylic acids is 1. The summed E-state index contributed by atoms with van der Waals surface area (Å²) >= 11 is 5.78. The van der Waals surface area contributed by atoms with Gasteiger partial charge in [-0.15, -0.1) is 11.6 Å². The lowest BCUT2D eigenvalue weighted by molar-refractivity contribution is 0.0788. The highest BCUT2D eigenvalue weighted by atomic mass is 35.5. The predicted octanol–water partition coefficient (Wildman–Crippen LogP) is 2.85. The van der Waals surface area contributed by atoms with Crippen LogP contribution in [0.4, 0.5) is 0 Å². The van der Waals surface area contributed by atoms with Gasteiger partial charge in [0.2, 0.25) is 5.89 Å². The molecule has 0 radical (unpaired) electrons. The van der Waals surface area contributed by atoms with Crippen molar-refractivity contribution < 1.29 is 9.21 Å². The summed E-state index contributed by atoms with van der Waals surface area (Å²) in [7, 11) is 1.77. The van der Waals surface area contributed by atoms with Crippen molar-refractivity contribution in [3.63, 3.8) is 0 Å². The van der Waals surface area contributed by atoms with Gasteiger partial charge in [0.1, 0.15) is 18.3 Å². The smallest absolute Gasteiger partial charge is 0.256 e. The van der Waals surface area contributed by atoms with Gasteiger partial charge in [0, 0.05) is 7.05 Å². The Morgan fingerprint density at radius 2 is 2.17 bits per heavy atom. The summed E-state index contributed by atoms with van der Waals surface area (Å²) in [5.74, 6) is 0.666. The molecule has 7 heteroatoms. The van der Waals surface area contributed by atoms with Gasteiger partial charge in [-0.1, -0.05) is 12.1 Å². The van der Waals surface area contributed by atoms with E-state index in [1.807, 2.05) is 28.8 Å². The van der Waals surface area contributed by atoms with Crippen LogP contribution in [0.1, 0.15) is 21.7 Å². The maximum atomic E-state index is 12.5. The highest BCUT2D eigenvalue weighted by molar-refractivity contribution is 6.16. The van der Waals surface area contributed by atoms with Gasteiger partial charge in [0.25, 0.3) is 5.91 Å². The Bertz CT molecular complexity index is 899. The fourth-order valence-corrected chi connectivity index (χ4v) is 2.88. The second-order valence-electron chi connectivity index (χ2n) is 5.37. The maximum absolute atomic E-state index is 12.5. The summed E-state index contributed by atoms with van der Waals surface area (Å²) in [6.07, 6.45) is 3.22. The van der Waals surface area contributed by atoms with E-state index in [1.54, 1.807) is 18.3 Å². The van der Waals surface area contributed by atoms with Crippen LogP contribution in [0.15, 0.2) is 41.3 Å². The number of halogens is 1. The summed E-state index contributed by atoms with van der Waals surface area (Å²) < 4.78 is 7.40. The monoisotopic (exact) mass is 328 g/mol. The van der Waals surface area contributed by atoms with Crippen LogP contribution in [0.2, 0.25) is 0 Å². The number of imidazole rings is 1. The van der Waals surface area contributed by atoms with Crippen LogP contribution in [-0.2, 0) is 12.4 Å². The molecular weight excluding hydrogens is 316 g/mol. The molecule has 0 aliphatic carbocycles. The third kappa shape index (κ3) is 2.14. The number of hydrogen-bond donors (Lipinski definition) is 0. The molecule has 0 bridgehead atoms. The third-order valence-electron chi connectivity index (χ3n) is 3.89. The largest absolute Gasteiger partial charge is 0.443 e. The number of oxazole rings is 1. The van der Waals surface area contributed by atoms with Crippen molar-refractivity contribution in [3.8, 4) is 17.3 Å². The molecule has 3 heterocycles. The van der Waals surface area contributed by atoms with Crippen LogP contribution in [0.5, 0.6) is 0 Å². The van der Waals surface area contributed by atoms with Crippen molar-refractivity contribution in [2.75, 3.05) is 7.05 Å². The van der Waals surface area contributed by atoms with E-state index < -0.39 is 0 Å². The predicted molar refractivity (Wildman–Crippen MR) is 84.4 cm³/mol. The van der Waals surface area contributed by atoms with E-state index in [4.69, 9.17) is 16.0 Å². The summed E-state index contributed by atoms with van der Waals surface area (Å²) in [4.78, 5) is 23.0. The lowest BCUT2D eigenvalue weighted by Crippen LogP contribution is -2.25. The molecule has 0 fully saturated rings. The first kappa shape index (κ1) is 14.0. The Morgan fingerprint density at radius 1 is 1.35 bits per heavy atom. The third-order valence-corrected chi connectivity index (χ3v) is 4.16. The zero-order chi connectivity index (χ0) is 16.0. The molecule has 1 amide bonds. The average molecular weight is 329 g/mol. The molecule has 0 saturated heterocycles. The van der Waals surface area contributed by atoms with Crippen molar-refractivity contribution in [2.45, 2.75) is 12.4 Å². The highest BCUT2D eigenvalue weighted by Gasteiger charge is 2.27. The number of carbonyl (C=O) groups is 1. The number of alkyl halides is 1. The Kier molecular flexibility index (Phi) is 3.20. The standard InChI is InChI=1S/C16H13ClN4O2/c1-20-7-13-14(15-19-10(6-17)8-23-15)18-9-21(13)12-5-3-2-4-11(12)16(20)22/h2-5,8-9H,6-7H2,1H3. The van der Waals surface area contributed by atoms with Crippen LogP contribution in [0.25, 0.3) is 17.3 Å². The molecule has 0 saturated carbocycles.